The smallest absolute Gasteiger partial charge is 0.342 e. The molecule has 0 bridgehead atoms. The van der Waals surface area contributed by atoms with Crippen molar-refractivity contribution in [3.8, 4) is 0 Å². The fraction of sp³-hybridized carbons (Fsp3) is 0.700. The van der Waals surface area contributed by atoms with Gasteiger partial charge in [-0.25, -0.2) is 9.89 Å². The highest BCUT2D eigenvalue weighted by atomic mass is 16.2. The van der Waals surface area contributed by atoms with E-state index in [0.717, 1.165) is 12.5 Å². The highest BCUT2D eigenvalue weighted by Crippen LogP contribution is 2.29. The predicted octanol–water partition coefficient (Wildman–Crippen LogP) is 0.306. The van der Waals surface area contributed by atoms with E-state index >= 15 is 0 Å². The Morgan fingerprint density at radius 1 is 1.44 bits per heavy atom. The van der Waals surface area contributed by atoms with Crippen LogP contribution in [0.2, 0.25) is 0 Å². The first kappa shape index (κ1) is 10.9. The number of anilines is 1. The molecule has 1 aliphatic carbocycles. The van der Waals surface area contributed by atoms with E-state index in [9.17, 15) is 9.59 Å². The van der Waals surface area contributed by atoms with Gasteiger partial charge in [0, 0.05) is 6.54 Å². The maximum Gasteiger partial charge on any atom is 0.342 e. The highest BCUT2D eigenvalue weighted by Gasteiger charge is 2.21. The lowest BCUT2D eigenvalue weighted by atomic mass is 10.1. The number of aromatic nitrogens is 3. The second kappa shape index (κ2) is 4.51. The summed E-state index contributed by atoms with van der Waals surface area (Å²) in [6.07, 6.45) is 3.63. The van der Waals surface area contributed by atoms with Crippen LogP contribution in [0.3, 0.4) is 0 Å². The molecule has 1 heterocycles. The van der Waals surface area contributed by atoms with E-state index in [1.54, 1.807) is 0 Å². The Labute approximate surface area is 92.5 Å². The average molecular weight is 224 g/mol. The van der Waals surface area contributed by atoms with Crippen LogP contribution in [0.5, 0.6) is 0 Å². The summed E-state index contributed by atoms with van der Waals surface area (Å²) >= 11 is 0. The van der Waals surface area contributed by atoms with Gasteiger partial charge >= 0.3 is 5.69 Å². The summed E-state index contributed by atoms with van der Waals surface area (Å²) in [5.41, 5.74) is -1.04. The maximum atomic E-state index is 11.3. The second-order valence-corrected chi connectivity index (χ2v) is 4.52. The predicted molar refractivity (Wildman–Crippen MR) is 60.5 cm³/mol. The van der Waals surface area contributed by atoms with E-state index in [1.165, 1.54) is 19.3 Å². The molecule has 1 aromatic rings. The van der Waals surface area contributed by atoms with E-state index in [-0.39, 0.29) is 5.82 Å². The molecule has 6 nitrogen and oxygen atoms in total. The van der Waals surface area contributed by atoms with Gasteiger partial charge in [0.15, 0.2) is 0 Å². The fourth-order valence-electron chi connectivity index (χ4n) is 2.22. The van der Waals surface area contributed by atoms with E-state index in [2.05, 4.69) is 27.4 Å². The van der Waals surface area contributed by atoms with Crippen LogP contribution < -0.4 is 16.6 Å². The van der Waals surface area contributed by atoms with Crippen molar-refractivity contribution in [3.05, 3.63) is 20.8 Å². The van der Waals surface area contributed by atoms with Crippen LogP contribution in [0.25, 0.3) is 0 Å². The summed E-state index contributed by atoms with van der Waals surface area (Å²) in [5, 5.41) is 8.84. The topological polar surface area (TPSA) is 90.6 Å². The Hall–Kier alpha value is -1.59. The lowest BCUT2D eigenvalue weighted by Crippen LogP contribution is -2.28. The van der Waals surface area contributed by atoms with Crippen molar-refractivity contribution in [2.24, 2.45) is 11.8 Å². The fourth-order valence-corrected chi connectivity index (χ4v) is 2.22. The molecule has 16 heavy (non-hydrogen) atoms. The highest BCUT2D eigenvalue weighted by molar-refractivity contribution is 5.28. The van der Waals surface area contributed by atoms with Crippen LogP contribution in [-0.2, 0) is 0 Å². The Morgan fingerprint density at radius 2 is 2.25 bits per heavy atom. The van der Waals surface area contributed by atoms with Gasteiger partial charge in [-0.1, -0.05) is 13.3 Å². The van der Waals surface area contributed by atoms with Crippen LogP contribution in [0.15, 0.2) is 9.59 Å². The number of nitrogens with zero attached hydrogens (tertiary/aromatic N) is 1. The molecule has 0 spiro atoms. The zero-order chi connectivity index (χ0) is 11.5. The normalized spacial score (nSPS) is 24.6. The van der Waals surface area contributed by atoms with Crippen molar-refractivity contribution in [2.45, 2.75) is 26.2 Å². The van der Waals surface area contributed by atoms with Crippen molar-refractivity contribution in [1.82, 2.24) is 15.2 Å². The van der Waals surface area contributed by atoms with Gasteiger partial charge in [0.1, 0.15) is 0 Å². The molecule has 1 aliphatic rings. The molecule has 0 radical (unpaired) electrons. The standard InChI is InChI=1S/C10H16N4O2/c1-6-2-3-7(4-6)5-11-8-9(15)12-10(16)14-13-8/h6-7H,2-5H2,1H3,(H,11,13)(H2,12,14,15,16). The number of nitrogens with one attached hydrogen (secondary N) is 3. The summed E-state index contributed by atoms with van der Waals surface area (Å²) in [7, 11) is 0. The SMILES string of the molecule is CC1CCC(CNc2n[nH]c(=O)[nH]c2=O)C1. The number of rotatable bonds is 3. The molecule has 0 saturated heterocycles. The van der Waals surface area contributed by atoms with Crippen molar-refractivity contribution in [1.29, 1.82) is 0 Å². The summed E-state index contributed by atoms with van der Waals surface area (Å²) in [4.78, 5) is 24.2. The van der Waals surface area contributed by atoms with Crippen LogP contribution in [-0.4, -0.2) is 21.7 Å². The van der Waals surface area contributed by atoms with Crippen LogP contribution in [0.1, 0.15) is 26.2 Å². The Bertz CT molecular complexity index is 464. The van der Waals surface area contributed by atoms with Crippen molar-refractivity contribution in [2.75, 3.05) is 11.9 Å². The van der Waals surface area contributed by atoms with E-state index in [4.69, 9.17) is 0 Å². The maximum absolute atomic E-state index is 11.3. The molecule has 2 rings (SSSR count). The Morgan fingerprint density at radius 3 is 2.88 bits per heavy atom. The first-order valence-electron chi connectivity index (χ1n) is 5.58. The molecule has 2 atom stereocenters. The quantitative estimate of drug-likeness (QED) is 0.689. The minimum atomic E-state index is -0.579. The number of hydrogen-bond acceptors (Lipinski definition) is 4. The van der Waals surface area contributed by atoms with Gasteiger partial charge < -0.3 is 5.32 Å². The Kier molecular flexibility index (Phi) is 3.07. The van der Waals surface area contributed by atoms with Crippen LogP contribution >= 0.6 is 0 Å². The molecule has 0 aromatic carbocycles. The molecule has 88 valence electrons. The average Bonchev–Trinajstić information content (AvgIpc) is 2.63. The minimum absolute atomic E-state index is 0.194. The molecular weight excluding hydrogens is 208 g/mol. The van der Waals surface area contributed by atoms with Crippen molar-refractivity contribution < 1.29 is 0 Å². The first-order valence-corrected chi connectivity index (χ1v) is 5.58. The third-order valence-electron chi connectivity index (χ3n) is 3.07. The van der Waals surface area contributed by atoms with Gasteiger partial charge in [-0.15, -0.1) is 5.10 Å². The lowest BCUT2D eigenvalue weighted by molar-refractivity contribution is 0.536. The molecule has 1 aromatic heterocycles. The molecule has 0 aliphatic heterocycles. The van der Waals surface area contributed by atoms with Gasteiger partial charge in [0.2, 0.25) is 5.82 Å². The summed E-state index contributed by atoms with van der Waals surface area (Å²) in [6, 6.07) is 0. The first-order chi connectivity index (χ1) is 7.65. The molecule has 1 saturated carbocycles. The third kappa shape index (κ3) is 2.50. The van der Waals surface area contributed by atoms with Gasteiger partial charge in [-0.05, 0) is 24.7 Å². The molecule has 1 fully saturated rings. The zero-order valence-electron chi connectivity index (χ0n) is 9.25. The number of aromatic amines is 2. The second-order valence-electron chi connectivity index (χ2n) is 4.52. The number of hydrogen-bond donors (Lipinski definition) is 3. The largest absolute Gasteiger partial charge is 0.364 e. The van der Waals surface area contributed by atoms with Crippen molar-refractivity contribution in [3.63, 3.8) is 0 Å². The molecule has 3 N–H and O–H groups in total. The van der Waals surface area contributed by atoms with Crippen molar-refractivity contribution >= 4 is 5.82 Å². The van der Waals surface area contributed by atoms with Crippen LogP contribution in [0, 0.1) is 11.8 Å². The summed E-state index contributed by atoms with van der Waals surface area (Å²) < 4.78 is 0. The van der Waals surface area contributed by atoms with Gasteiger partial charge in [0.05, 0.1) is 0 Å². The minimum Gasteiger partial charge on any atom is -0.364 e. The van der Waals surface area contributed by atoms with E-state index in [0.29, 0.717) is 5.92 Å². The summed E-state index contributed by atoms with van der Waals surface area (Å²) in [5.74, 6) is 1.57. The lowest BCUT2D eigenvalue weighted by Gasteiger charge is -2.10. The molecule has 0 amide bonds. The third-order valence-corrected chi connectivity index (χ3v) is 3.07. The zero-order valence-corrected chi connectivity index (χ0v) is 9.25. The molecule has 2 unspecified atom stereocenters. The van der Waals surface area contributed by atoms with E-state index in [1.807, 2.05) is 0 Å². The summed E-state index contributed by atoms with van der Waals surface area (Å²) in [6.45, 7) is 2.98. The van der Waals surface area contributed by atoms with Gasteiger partial charge in [-0.2, -0.15) is 0 Å². The molecule has 6 heteroatoms. The van der Waals surface area contributed by atoms with Crippen LogP contribution in [0.4, 0.5) is 5.82 Å². The monoisotopic (exact) mass is 224 g/mol. The molecular formula is C10H16N4O2. The Balaban J connectivity index is 1.95. The van der Waals surface area contributed by atoms with Gasteiger partial charge in [-0.3, -0.25) is 9.78 Å². The van der Waals surface area contributed by atoms with E-state index < -0.39 is 11.2 Å². The van der Waals surface area contributed by atoms with Gasteiger partial charge in [0.25, 0.3) is 5.56 Å². The number of H-pyrrole nitrogens is 2.